The molecule has 1 fully saturated rings. The minimum atomic E-state index is -2.90. The van der Waals surface area contributed by atoms with Gasteiger partial charge in [-0.3, -0.25) is 0 Å². The number of hydrogen-bond donors (Lipinski definition) is 1. The first-order chi connectivity index (χ1) is 15.4. The molecular formula is C25H25F2N5. The van der Waals surface area contributed by atoms with Crippen LogP contribution in [0.2, 0.25) is 0 Å². The van der Waals surface area contributed by atoms with Gasteiger partial charge in [0, 0.05) is 43.4 Å². The van der Waals surface area contributed by atoms with Crippen LogP contribution in [0.15, 0.2) is 73.2 Å². The van der Waals surface area contributed by atoms with Crippen molar-refractivity contribution < 1.29 is 8.78 Å². The molecule has 5 heterocycles. The Morgan fingerprint density at radius 2 is 1.91 bits per heavy atom. The van der Waals surface area contributed by atoms with Crippen LogP contribution in [0.1, 0.15) is 25.3 Å². The van der Waals surface area contributed by atoms with Gasteiger partial charge in [-0.25, -0.2) is 18.7 Å². The second-order valence-corrected chi connectivity index (χ2v) is 8.38. The summed E-state index contributed by atoms with van der Waals surface area (Å²) in [6, 6.07) is 16.3. The van der Waals surface area contributed by atoms with Crippen LogP contribution in [0.25, 0.3) is 11.3 Å². The van der Waals surface area contributed by atoms with E-state index in [1.807, 2.05) is 36.4 Å². The Kier molecular flexibility index (Phi) is 5.04. The number of nitrogens with one attached hydrogen (secondary N) is 1. The number of aromatic nitrogens is 2. The topological polar surface area (TPSA) is 44.3 Å². The van der Waals surface area contributed by atoms with Crippen LogP contribution in [-0.4, -0.2) is 29.1 Å². The zero-order valence-corrected chi connectivity index (χ0v) is 17.9. The second kappa shape index (κ2) is 7.89. The standard InChI is InChI=1S/C25H25F2N5/c1-17(29-23-8-3-4-13-28-23)32-20-11-14-31(15-12-20)22-10-9-21(30-24(22)32)18-6-5-7-19(16-18)25(2,26)27/h3-10,13,16,20H,1,11-12,14-15H2,2H3,(H,28,29). The van der Waals surface area contributed by atoms with E-state index in [1.54, 1.807) is 12.3 Å². The van der Waals surface area contributed by atoms with Crippen molar-refractivity contribution >= 4 is 17.3 Å². The summed E-state index contributed by atoms with van der Waals surface area (Å²) in [5.41, 5.74) is 2.35. The number of fused-ring (bicyclic) bond motifs is 2. The van der Waals surface area contributed by atoms with E-state index in [0.29, 0.717) is 22.9 Å². The van der Waals surface area contributed by atoms with Crippen molar-refractivity contribution in [2.24, 2.45) is 0 Å². The van der Waals surface area contributed by atoms with Crippen LogP contribution in [0.5, 0.6) is 0 Å². The van der Waals surface area contributed by atoms with Gasteiger partial charge in [-0.2, -0.15) is 0 Å². The molecule has 1 N–H and O–H groups in total. The molecule has 3 aliphatic rings. The molecule has 3 aromatic rings. The third kappa shape index (κ3) is 3.79. The van der Waals surface area contributed by atoms with E-state index >= 15 is 0 Å². The molecule has 7 heteroatoms. The molecule has 1 saturated heterocycles. The molecule has 32 heavy (non-hydrogen) atoms. The zero-order chi connectivity index (χ0) is 22.3. The summed E-state index contributed by atoms with van der Waals surface area (Å²) >= 11 is 0. The molecule has 0 spiro atoms. The van der Waals surface area contributed by atoms with Crippen LogP contribution in [0, 0.1) is 0 Å². The van der Waals surface area contributed by atoms with Gasteiger partial charge in [0.05, 0.1) is 11.4 Å². The maximum absolute atomic E-state index is 13.9. The van der Waals surface area contributed by atoms with Gasteiger partial charge in [-0.15, -0.1) is 0 Å². The molecular weight excluding hydrogens is 408 g/mol. The predicted octanol–water partition coefficient (Wildman–Crippen LogP) is 5.63. The van der Waals surface area contributed by atoms with Crippen molar-refractivity contribution in [2.45, 2.75) is 31.7 Å². The van der Waals surface area contributed by atoms with E-state index in [0.717, 1.165) is 44.4 Å². The van der Waals surface area contributed by atoms with E-state index in [-0.39, 0.29) is 11.6 Å². The van der Waals surface area contributed by atoms with Crippen molar-refractivity contribution in [3.63, 3.8) is 0 Å². The van der Waals surface area contributed by atoms with Crippen LogP contribution >= 0.6 is 0 Å². The lowest BCUT2D eigenvalue weighted by atomic mass is 10.0. The Balaban J connectivity index is 1.56. The Labute approximate surface area is 186 Å². The lowest BCUT2D eigenvalue weighted by molar-refractivity contribution is 0.0175. The summed E-state index contributed by atoms with van der Waals surface area (Å²) in [5, 5.41) is 3.31. The van der Waals surface area contributed by atoms with Gasteiger partial charge in [0.1, 0.15) is 11.6 Å². The Morgan fingerprint density at radius 3 is 2.62 bits per heavy atom. The maximum atomic E-state index is 13.9. The third-order valence-corrected chi connectivity index (χ3v) is 6.15. The van der Waals surface area contributed by atoms with Gasteiger partial charge >= 0.3 is 0 Å². The molecule has 5 nitrogen and oxygen atoms in total. The molecule has 1 aromatic carbocycles. The van der Waals surface area contributed by atoms with Crippen LogP contribution < -0.4 is 15.1 Å². The highest BCUT2D eigenvalue weighted by Gasteiger charge is 2.35. The van der Waals surface area contributed by atoms with Gasteiger partial charge in [0.25, 0.3) is 5.92 Å². The number of rotatable bonds is 5. The minimum Gasteiger partial charge on any atom is -0.368 e. The Bertz CT molecular complexity index is 1130. The molecule has 0 amide bonds. The van der Waals surface area contributed by atoms with E-state index < -0.39 is 5.92 Å². The van der Waals surface area contributed by atoms with Gasteiger partial charge in [-0.1, -0.05) is 30.8 Å². The number of hydrogen-bond acceptors (Lipinski definition) is 5. The van der Waals surface area contributed by atoms with E-state index in [1.165, 1.54) is 12.1 Å². The normalized spacial score (nSPS) is 16.0. The highest BCUT2D eigenvalue weighted by Crippen LogP contribution is 2.41. The molecule has 0 aliphatic carbocycles. The first kappa shape index (κ1) is 20.4. The number of nitrogens with zero attached hydrogens (tertiary/aromatic N) is 4. The summed E-state index contributed by atoms with van der Waals surface area (Å²) in [5.74, 6) is -0.687. The maximum Gasteiger partial charge on any atom is 0.270 e. The van der Waals surface area contributed by atoms with Crippen LogP contribution in [0.3, 0.4) is 0 Å². The van der Waals surface area contributed by atoms with Crippen molar-refractivity contribution in [1.29, 1.82) is 0 Å². The summed E-state index contributed by atoms with van der Waals surface area (Å²) in [7, 11) is 0. The summed E-state index contributed by atoms with van der Waals surface area (Å²) in [4.78, 5) is 13.8. The fourth-order valence-corrected chi connectivity index (χ4v) is 4.51. The molecule has 3 aliphatic heterocycles. The SMILES string of the molecule is C=C(Nc1ccccn1)N1c2nc(-c3cccc(C(C)(F)F)c3)ccc2N2CCC1CC2. The zero-order valence-electron chi connectivity index (χ0n) is 17.9. The average Bonchev–Trinajstić information content (AvgIpc) is 3.05. The van der Waals surface area contributed by atoms with E-state index in [2.05, 4.69) is 26.7 Å². The predicted molar refractivity (Wildman–Crippen MR) is 124 cm³/mol. The minimum absolute atomic E-state index is 0.0198. The quantitative estimate of drug-likeness (QED) is 0.565. The van der Waals surface area contributed by atoms with Crippen LogP contribution in [-0.2, 0) is 5.92 Å². The van der Waals surface area contributed by atoms with Gasteiger partial charge < -0.3 is 15.1 Å². The summed E-state index contributed by atoms with van der Waals surface area (Å²) < 4.78 is 27.8. The number of benzene rings is 1. The van der Waals surface area contributed by atoms with E-state index in [4.69, 9.17) is 4.98 Å². The number of alkyl halides is 2. The first-order valence-corrected chi connectivity index (χ1v) is 10.8. The molecule has 2 bridgehead atoms. The highest BCUT2D eigenvalue weighted by molar-refractivity contribution is 5.77. The molecule has 0 radical (unpaired) electrons. The number of halogens is 2. The Morgan fingerprint density at radius 1 is 1.09 bits per heavy atom. The fourth-order valence-electron chi connectivity index (χ4n) is 4.51. The molecule has 0 atom stereocenters. The third-order valence-electron chi connectivity index (χ3n) is 6.15. The van der Waals surface area contributed by atoms with E-state index in [9.17, 15) is 8.78 Å². The molecule has 6 rings (SSSR count). The smallest absolute Gasteiger partial charge is 0.270 e. The number of piperidine rings is 1. The van der Waals surface area contributed by atoms with Crippen molar-refractivity contribution in [3.05, 3.63) is 78.8 Å². The lowest BCUT2D eigenvalue weighted by Crippen LogP contribution is -2.41. The van der Waals surface area contributed by atoms with Crippen molar-refractivity contribution in [1.82, 2.24) is 9.97 Å². The number of anilines is 3. The summed E-state index contributed by atoms with van der Waals surface area (Å²) in [6.07, 6.45) is 3.72. The molecule has 0 unspecified atom stereocenters. The van der Waals surface area contributed by atoms with Gasteiger partial charge in [0.15, 0.2) is 5.82 Å². The number of pyridine rings is 2. The summed E-state index contributed by atoms with van der Waals surface area (Å²) in [6.45, 7) is 7.11. The monoisotopic (exact) mass is 433 g/mol. The molecule has 2 aromatic heterocycles. The first-order valence-electron chi connectivity index (χ1n) is 10.8. The largest absolute Gasteiger partial charge is 0.368 e. The van der Waals surface area contributed by atoms with Gasteiger partial charge in [0.2, 0.25) is 0 Å². The Hall–Kier alpha value is -3.48. The average molecular weight is 434 g/mol. The molecule has 0 saturated carbocycles. The highest BCUT2D eigenvalue weighted by atomic mass is 19.3. The van der Waals surface area contributed by atoms with Crippen molar-refractivity contribution in [2.75, 3.05) is 28.2 Å². The second-order valence-electron chi connectivity index (χ2n) is 8.38. The van der Waals surface area contributed by atoms with Crippen molar-refractivity contribution in [3.8, 4) is 11.3 Å². The van der Waals surface area contributed by atoms with Gasteiger partial charge in [-0.05, 0) is 43.2 Å². The molecule has 164 valence electrons. The van der Waals surface area contributed by atoms with Crippen LogP contribution in [0.4, 0.5) is 26.1 Å². The lowest BCUT2D eigenvalue weighted by Gasteiger charge is -2.34. The fraction of sp³-hybridized carbons (Fsp3) is 0.280.